The van der Waals surface area contributed by atoms with Gasteiger partial charge in [-0.2, -0.15) is 0 Å². The van der Waals surface area contributed by atoms with Crippen molar-refractivity contribution in [1.82, 2.24) is 0 Å². The van der Waals surface area contributed by atoms with Crippen LogP contribution < -0.4 is 4.74 Å². The monoisotopic (exact) mass is 376 g/mol. The van der Waals surface area contributed by atoms with E-state index < -0.39 is 19.3 Å². The molecule has 1 rings (SSSR count). The van der Waals surface area contributed by atoms with Gasteiger partial charge in [-0.25, -0.2) is 0 Å². The van der Waals surface area contributed by atoms with E-state index in [4.69, 9.17) is 9.47 Å². The summed E-state index contributed by atoms with van der Waals surface area (Å²) in [7, 11) is 0. The van der Waals surface area contributed by atoms with Gasteiger partial charge in [0.2, 0.25) is 0 Å². The summed E-state index contributed by atoms with van der Waals surface area (Å²) in [6.07, 6.45) is -4.20. The van der Waals surface area contributed by atoms with E-state index in [0.717, 1.165) is 6.42 Å². The quantitative estimate of drug-likeness (QED) is 0.383. The van der Waals surface area contributed by atoms with Crippen LogP contribution in [0, 0.1) is 11.3 Å². The van der Waals surface area contributed by atoms with Crippen LogP contribution in [0.5, 0.6) is 5.75 Å². The van der Waals surface area contributed by atoms with E-state index in [0.29, 0.717) is 17.6 Å². The second-order valence-corrected chi connectivity index (χ2v) is 7.97. The molecule has 0 fully saturated rings. The first-order chi connectivity index (χ1) is 11.9. The Balaban J connectivity index is 2.58. The molecular formula is C20H31F3O3. The molecule has 0 heterocycles. The van der Waals surface area contributed by atoms with E-state index in [2.05, 4.69) is 39.4 Å². The fraction of sp³-hybridized carbons (Fsp3) is 0.700. The molecule has 0 radical (unpaired) electrons. The van der Waals surface area contributed by atoms with Crippen LogP contribution >= 0.6 is 0 Å². The molecule has 26 heavy (non-hydrogen) atoms. The smallest absolute Gasteiger partial charge is 0.465 e. The highest BCUT2D eigenvalue weighted by molar-refractivity contribution is 5.30. The Labute approximate surface area is 154 Å². The Hall–Kier alpha value is -1.27. The Morgan fingerprint density at radius 1 is 0.923 bits per heavy atom. The average Bonchev–Trinajstić information content (AvgIpc) is 2.48. The number of hydrogen-bond acceptors (Lipinski definition) is 3. The minimum Gasteiger partial charge on any atom is -0.465 e. The number of alkyl halides is 3. The van der Waals surface area contributed by atoms with Crippen LogP contribution in [0.2, 0.25) is 0 Å². The lowest BCUT2D eigenvalue weighted by Gasteiger charge is -2.32. The third kappa shape index (κ3) is 8.90. The molecule has 2 atom stereocenters. The lowest BCUT2D eigenvalue weighted by molar-refractivity contribution is -0.328. The predicted octanol–water partition coefficient (Wildman–Crippen LogP) is 6.14. The maximum Gasteiger partial charge on any atom is 0.522 e. The van der Waals surface area contributed by atoms with Gasteiger partial charge < -0.3 is 9.47 Å². The Morgan fingerprint density at radius 2 is 1.50 bits per heavy atom. The van der Waals surface area contributed by atoms with Crippen molar-refractivity contribution >= 4 is 0 Å². The van der Waals surface area contributed by atoms with Crippen molar-refractivity contribution in [1.29, 1.82) is 0 Å². The van der Waals surface area contributed by atoms with E-state index in [1.54, 1.807) is 6.92 Å². The lowest BCUT2D eigenvalue weighted by atomic mass is 9.72. The molecule has 2 unspecified atom stereocenters. The molecule has 0 aliphatic carbocycles. The second kappa shape index (κ2) is 9.60. The van der Waals surface area contributed by atoms with E-state index in [1.807, 2.05) is 24.3 Å². The van der Waals surface area contributed by atoms with Crippen LogP contribution in [-0.4, -0.2) is 25.9 Å². The lowest BCUT2D eigenvalue weighted by Crippen LogP contribution is -2.22. The summed E-state index contributed by atoms with van der Waals surface area (Å²) < 4.78 is 50.1. The van der Waals surface area contributed by atoms with Crippen molar-refractivity contribution in [2.24, 2.45) is 11.3 Å². The maximum atomic E-state index is 11.9. The SMILES string of the molecule is CC(C)CC(c1ccc(OC(C)OCCOC(F)(F)F)cc1)C(C)(C)C. The van der Waals surface area contributed by atoms with Gasteiger partial charge in [-0.1, -0.05) is 46.8 Å². The third-order valence-electron chi connectivity index (χ3n) is 4.04. The van der Waals surface area contributed by atoms with Crippen molar-refractivity contribution in [3.8, 4) is 5.75 Å². The fourth-order valence-corrected chi connectivity index (χ4v) is 2.84. The van der Waals surface area contributed by atoms with Crippen LogP contribution in [0.4, 0.5) is 13.2 Å². The molecule has 3 nitrogen and oxygen atoms in total. The first-order valence-corrected chi connectivity index (χ1v) is 8.97. The number of hydrogen-bond donors (Lipinski definition) is 0. The van der Waals surface area contributed by atoms with Crippen LogP contribution in [0.1, 0.15) is 59.4 Å². The summed E-state index contributed by atoms with van der Waals surface area (Å²) in [5.74, 6) is 1.66. The van der Waals surface area contributed by atoms with Crippen molar-refractivity contribution < 1.29 is 27.4 Å². The Morgan fingerprint density at radius 3 is 1.96 bits per heavy atom. The van der Waals surface area contributed by atoms with E-state index in [1.165, 1.54) is 5.56 Å². The first kappa shape index (κ1) is 22.8. The molecule has 0 N–H and O–H groups in total. The largest absolute Gasteiger partial charge is 0.522 e. The summed E-state index contributed by atoms with van der Waals surface area (Å²) in [5.41, 5.74) is 1.41. The van der Waals surface area contributed by atoms with E-state index in [-0.39, 0.29) is 12.0 Å². The van der Waals surface area contributed by atoms with Gasteiger partial charge in [0.25, 0.3) is 0 Å². The topological polar surface area (TPSA) is 27.7 Å². The Bertz CT molecular complexity index is 519. The van der Waals surface area contributed by atoms with Crippen molar-refractivity contribution in [2.45, 2.75) is 66.5 Å². The van der Waals surface area contributed by atoms with Crippen molar-refractivity contribution in [3.63, 3.8) is 0 Å². The molecule has 1 aromatic carbocycles. The number of rotatable bonds is 9. The van der Waals surface area contributed by atoms with Gasteiger partial charge in [-0.15, -0.1) is 13.2 Å². The van der Waals surface area contributed by atoms with Gasteiger partial charge >= 0.3 is 6.36 Å². The molecular weight excluding hydrogens is 345 g/mol. The standard InChI is InChI=1S/C20H31F3O3/c1-14(2)13-18(19(4,5)6)16-7-9-17(10-8-16)26-15(3)24-11-12-25-20(21,22)23/h7-10,14-15,18H,11-13H2,1-6H3. The van der Waals surface area contributed by atoms with Crippen molar-refractivity contribution in [2.75, 3.05) is 13.2 Å². The van der Waals surface area contributed by atoms with Gasteiger partial charge in [-0.05, 0) is 48.3 Å². The third-order valence-corrected chi connectivity index (χ3v) is 4.04. The molecule has 150 valence electrons. The summed E-state index contributed by atoms with van der Waals surface area (Å²) in [6, 6.07) is 7.85. The zero-order chi connectivity index (χ0) is 20.0. The van der Waals surface area contributed by atoms with Crippen molar-refractivity contribution in [3.05, 3.63) is 29.8 Å². The molecule has 0 spiro atoms. The van der Waals surface area contributed by atoms with Crippen LogP contribution in [0.15, 0.2) is 24.3 Å². The van der Waals surface area contributed by atoms with Crippen LogP contribution in [0.25, 0.3) is 0 Å². The molecule has 0 aliphatic heterocycles. The summed E-state index contributed by atoms with van der Waals surface area (Å²) in [5, 5.41) is 0. The van der Waals surface area contributed by atoms with Crippen LogP contribution in [-0.2, 0) is 9.47 Å². The maximum absolute atomic E-state index is 11.9. The van der Waals surface area contributed by atoms with Crippen LogP contribution in [0.3, 0.4) is 0 Å². The van der Waals surface area contributed by atoms with E-state index in [9.17, 15) is 13.2 Å². The van der Waals surface area contributed by atoms with Gasteiger partial charge in [-0.3, -0.25) is 4.74 Å². The highest BCUT2D eigenvalue weighted by atomic mass is 19.4. The molecule has 6 heteroatoms. The second-order valence-electron chi connectivity index (χ2n) is 7.97. The zero-order valence-electron chi connectivity index (χ0n) is 16.5. The minimum atomic E-state index is -4.64. The number of benzene rings is 1. The minimum absolute atomic E-state index is 0.154. The first-order valence-electron chi connectivity index (χ1n) is 8.97. The fourth-order valence-electron chi connectivity index (χ4n) is 2.84. The van der Waals surface area contributed by atoms with Gasteiger partial charge in [0.15, 0.2) is 6.29 Å². The molecule has 0 amide bonds. The highest BCUT2D eigenvalue weighted by Gasteiger charge is 2.29. The molecule has 0 bridgehead atoms. The van der Waals surface area contributed by atoms with Gasteiger partial charge in [0, 0.05) is 0 Å². The zero-order valence-corrected chi connectivity index (χ0v) is 16.5. The molecule has 0 aliphatic rings. The number of halogens is 3. The molecule has 0 saturated carbocycles. The number of ether oxygens (including phenoxy) is 3. The average molecular weight is 376 g/mol. The van der Waals surface area contributed by atoms with Gasteiger partial charge in [0.05, 0.1) is 13.2 Å². The molecule has 0 saturated heterocycles. The van der Waals surface area contributed by atoms with E-state index >= 15 is 0 Å². The predicted molar refractivity (Wildman–Crippen MR) is 96.1 cm³/mol. The Kier molecular flexibility index (Phi) is 8.41. The highest BCUT2D eigenvalue weighted by Crippen LogP contribution is 2.40. The molecule has 1 aromatic rings. The summed E-state index contributed by atoms with van der Waals surface area (Å²) in [4.78, 5) is 0. The normalized spacial score (nSPS) is 15.2. The summed E-state index contributed by atoms with van der Waals surface area (Å²) in [6.45, 7) is 12.0. The molecule has 0 aromatic heterocycles. The summed E-state index contributed by atoms with van der Waals surface area (Å²) >= 11 is 0. The van der Waals surface area contributed by atoms with Gasteiger partial charge in [0.1, 0.15) is 5.75 Å².